The normalized spacial score (nSPS) is 34.6. The standard InChI is InChI=1S/C33H38O9/c1-15(2)8-9-18-26-17(11-12-30(4,5)40-26)23(34)21-25(36)22-24(35)19-14-20-31(6,7)42-32(28(19)37,13-10-16(3)29(38)39)33(20,22)41-27(18)21/h8,10-12,19-20,22,24,34-35H,9,13-14H2,1-7H3,(H,38,39)/b16-10-/t19-,20-,22-,24-,32-,33-/m0/s1. The number of benzene rings is 1. The lowest BCUT2D eigenvalue weighted by Gasteiger charge is -2.62. The first kappa shape index (κ1) is 28.7. The molecule has 6 aliphatic rings. The molecule has 0 aromatic heterocycles. The number of hydrogen-bond donors (Lipinski definition) is 3. The SMILES string of the molecule is CC(C)=CCc1c2c(c(O)c3c1O[C@]14[C@H](C3=O)[C@@H](O)[C@@H]3C[C@H]1C(C)(C)O[C@@]4(C/C=C(/C)C(=O)O)C3=O)C=CC(C)(C)O2. The summed E-state index contributed by atoms with van der Waals surface area (Å²) in [5, 5.41) is 32.7. The fourth-order valence-corrected chi connectivity index (χ4v) is 8.04. The lowest BCUT2D eigenvalue weighted by molar-refractivity contribution is -0.220. The van der Waals surface area contributed by atoms with E-state index < -0.39 is 63.8 Å². The van der Waals surface area contributed by atoms with E-state index in [1.54, 1.807) is 12.2 Å². The van der Waals surface area contributed by atoms with Gasteiger partial charge in [-0.15, -0.1) is 0 Å². The average Bonchev–Trinajstić information content (AvgIpc) is 3.02. The van der Waals surface area contributed by atoms with Crippen molar-refractivity contribution < 1.29 is 43.9 Å². The van der Waals surface area contributed by atoms with Crippen LogP contribution in [-0.4, -0.2) is 61.4 Å². The van der Waals surface area contributed by atoms with Crippen molar-refractivity contribution in [2.75, 3.05) is 0 Å². The van der Waals surface area contributed by atoms with Gasteiger partial charge in [0.2, 0.25) is 0 Å². The number of carbonyl (C=O) groups is 3. The van der Waals surface area contributed by atoms with E-state index in [0.29, 0.717) is 23.3 Å². The number of fused-ring (bicyclic) bond motifs is 2. The number of ketones is 2. The van der Waals surface area contributed by atoms with Crippen molar-refractivity contribution in [3.63, 3.8) is 0 Å². The molecule has 224 valence electrons. The first-order valence-electron chi connectivity index (χ1n) is 14.5. The Kier molecular flexibility index (Phi) is 6.01. The van der Waals surface area contributed by atoms with E-state index in [0.717, 1.165) is 5.57 Å². The Hall–Kier alpha value is -3.43. The quantitative estimate of drug-likeness (QED) is 0.339. The molecular formula is C33H38O9. The highest BCUT2D eigenvalue weighted by molar-refractivity contribution is 6.10. The number of aliphatic hydroxyl groups excluding tert-OH is 1. The van der Waals surface area contributed by atoms with Gasteiger partial charge in [-0.3, -0.25) is 9.59 Å². The van der Waals surface area contributed by atoms with Gasteiger partial charge in [-0.1, -0.05) is 17.7 Å². The molecule has 42 heavy (non-hydrogen) atoms. The van der Waals surface area contributed by atoms with Crippen molar-refractivity contribution in [2.24, 2.45) is 17.8 Å². The van der Waals surface area contributed by atoms with Gasteiger partial charge in [0.15, 0.2) is 22.8 Å². The third-order valence-corrected chi connectivity index (χ3v) is 9.94. The zero-order valence-corrected chi connectivity index (χ0v) is 25.0. The smallest absolute Gasteiger partial charge is 0.330 e. The molecule has 4 fully saturated rings. The van der Waals surface area contributed by atoms with Crippen molar-refractivity contribution in [3.05, 3.63) is 46.1 Å². The number of carboxylic acid groups (broad SMARTS) is 1. The summed E-state index contributed by atoms with van der Waals surface area (Å²) in [5.74, 6) is -4.44. The van der Waals surface area contributed by atoms with Crippen LogP contribution in [-0.2, 0) is 20.7 Å². The lowest BCUT2D eigenvalue weighted by Crippen LogP contribution is -2.80. The summed E-state index contributed by atoms with van der Waals surface area (Å²) in [6.45, 7) is 12.8. The maximum atomic E-state index is 14.6. The largest absolute Gasteiger partial charge is 0.506 e. The first-order valence-corrected chi connectivity index (χ1v) is 14.5. The number of aliphatic carboxylic acids is 1. The summed E-state index contributed by atoms with van der Waals surface area (Å²) in [4.78, 5) is 40.6. The molecule has 3 heterocycles. The Morgan fingerprint density at radius 2 is 1.76 bits per heavy atom. The van der Waals surface area contributed by atoms with E-state index in [4.69, 9.17) is 14.2 Å². The number of carbonyl (C=O) groups excluding carboxylic acids is 2. The fourth-order valence-electron chi connectivity index (χ4n) is 8.04. The van der Waals surface area contributed by atoms with E-state index in [1.165, 1.54) is 13.0 Å². The average molecular weight is 579 g/mol. The highest BCUT2D eigenvalue weighted by Crippen LogP contribution is 2.70. The van der Waals surface area contributed by atoms with Gasteiger partial charge in [-0.2, -0.15) is 0 Å². The summed E-state index contributed by atoms with van der Waals surface area (Å²) < 4.78 is 20.0. The van der Waals surface area contributed by atoms with Crippen LogP contribution in [0.3, 0.4) is 0 Å². The molecule has 0 unspecified atom stereocenters. The van der Waals surface area contributed by atoms with E-state index in [-0.39, 0.29) is 35.5 Å². The van der Waals surface area contributed by atoms with Crippen LogP contribution in [0.5, 0.6) is 17.2 Å². The topological polar surface area (TPSA) is 140 Å². The van der Waals surface area contributed by atoms with Crippen LogP contribution in [0.2, 0.25) is 0 Å². The first-order chi connectivity index (χ1) is 19.5. The number of phenolic OH excluding ortho intramolecular Hbond substituents is 1. The van der Waals surface area contributed by atoms with Crippen LogP contribution >= 0.6 is 0 Å². The molecule has 3 aliphatic carbocycles. The molecular weight excluding hydrogens is 540 g/mol. The molecule has 9 nitrogen and oxygen atoms in total. The maximum Gasteiger partial charge on any atom is 0.330 e. The monoisotopic (exact) mass is 578 g/mol. The Morgan fingerprint density at radius 3 is 2.40 bits per heavy atom. The number of Topliss-reactive ketones (excluding diaryl/α,β-unsaturated/α-hetero) is 2. The molecule has 7 rings (SSSR count). The number of phenols is 1. The highest BCUT2D eigenvalue weighted by Gasteiger charge is 2.85. The molecule has 1 saturated heterocycles. The Morgan fingerprint density at radius 1 is 1.07 bits per heavy atom. The van der Waals surface area contributed by atoms with E-state index in [1.807, 2.05) is 47.6 Å². The molecule has 0 amide bonds. The van der Waals surface area contributed by atoms with Crippen LogP contribution in [0.1, 0.15) is 82.8 Å². The number of allylic oxidation sites excluding steroid dienone is 2. The Balaban J connectivity index is 1.66. The van der Waals surface area contributed by atoms with Gasteiger partial charge in [0, 0.05) is 29.4 Å². The van der Waals surface area contributed by atoms with Gasteiger partial charge < -0.3 is 29.5 Å². The molecule has 3 saturated carbocycles. The van der Waals surface area contributed by atoms with Crippen molar-refractivity contribution in [1.82, 2.24) is 0 Å². The summed E-state index contributed by atoms with van der Waals surface area (Å²) in [5.41, 5.74) is -3.09. The highest BCUT2D eigenvalue weighted by atomic mass is 16.6. The Bertz CT molecular complexity index is 1540. The second-order valence-corrected chi connectivity index (χ2v) is 13.7. The molecule has 4 bridgehead atoms. The summed E-state index contributed by atoms with van der Waals surface area (Å²) >= 11 is 0. The van der Waals surface area contributed by atoms with Gasteiger partial charge in [-0.25, -0.2) is 4.79 Å². The van der Waals surface area contributed by atoms with Gasteiger partial charge in [0.25, 0.3) is 0 Å². The molecule has 0 radical (unpaired) electrons. The summed E-state index contributed by atoms with van der Waals surface area (Å²) in [6, 6.07) is 0. The molecule has 1 aromatic carbocycles. The third kappa shape index (κ3) is 3.52. The molecule has 1 spiro atoms. The molecule has 3 aliphatic heterocycles. The van der Waals surface area contributed by atoms with Crippen molar-refractivity contribution in [2.45, 2.75) is 96.2 Å². The van der Waals surface area contributed by atoms with Crippen LogP contribution < -0.4 is 9.47 Å². The zero-order valence-electron chi connectivity index (χ0n) is 25.0. The number of ether oxygens (including phenoxy) is 3. The molecule has 9 heteroatoms. The number of aliphatic hydroxyl groups is 1. The zero-order chi connectivity index (χ0) is 30.7. The van der Waals surface area contributed by atoms with E-state index in [2.05, 4.69) is 0 Å². The van der Waals surface area contributed by atoms with E-state index >= 15 is 0 Å². The van der Waals surface area contributed by atoms with Crippen LogP contribution in [0.25, 0.3) is 6.08 Å². The number of carboxylic acids is 1. The minimum atomic E-state index is -1.72. The minimum absolute atomic E-state index is 0.0258. The van der Waals surface area contributed by atoms with E-state index in [9.17, 15) is 29.7 Å². The lowest BCUT2D eigenvalue weighted by atomic mass is 9.45. The van der Waals surface area contributed by atoms with Gasteiger partial charge in [-0.05, 0) is 73.5 Å². The van der Waals surface area contributed by atoms with Crippen molar-refractivity contribution in [1.29, 1.82) is 0 Å². The molecule has 3 N–H and O–H groups in total. The summed E-state index contributed by atoms with van der Waals surface area (Å²) in [7, 11) is 0. The van der Waals surface area contributed by atoms with Crippen LogP contribution in [0.4, 0.5) is 0 Å². The molecule has 6 atom stereocenters. The number of aromatic hydroxyl groups is 1. The van der Waals surface area contributed by atoms with Crippen LogP contribution in [0, 0.1) is 17.8 Å². The third-order valence-electron chi connectivity index (χ3n) is 9.94. The van der Waals surface area contributed by atoms with Gasteiger partial charge >= 0.3 is 5.97 Å². The van der Waals surface area contributed by atoms with Crippen molar-refractivity contribution >= 4 is 23.6 Å². The second kappa shape index (κ2) is 8.80. The van der Waals surface area contributed by atoms with Gasteiger partial charge in [0.05, 0.1) is 23.2 Å². The van der Waals surface area contributed by atoms with Crippen LogP contribution in [0.15, 0.2) is 29.4 Å². The second-order valence-electron chi connectivity index (χ2n) is 13.7. The summed E-state index contributed by atoms with van der Waals surface area (Å²) in [6.07, 6.45) is 6.03. The predicted molar refractivity (Wildman–Crippen MR) is 153 cm³/mol. The molecule has 1 aromatic rings. The minimum Gasteiger partial charge on any atom is -0.506 e. The van der Waals surface area contributed by atoms with Gasteiger partial charge in [0.1, 0.15) is 28.4 Å². The fraction of sp³-hybridized carbons (Fsp3) is 0.545. The predicted octanol–water partition coefficient (Wildman–Crippen LogP) is 4.56. The number of hydrogen-bond acceptors (Lipinski definition) is 8. The number of rotatable bonds is 5. The Labute approximate surface area is 244 Å². The van der Waals surface area contributed by atoms with Crippen molar-refractivity contribution in [3.8, 4) is 17.2 Å². The maximum absolute atomic E-state index is 14.6.